The normalized spacial score (nSPS) is 22.0. The van der Waals surface area contributed by atoms with Crippen LogP contribution in [0.2, 0.25) is 0 Å². The third kappa shape index (κ3) is 19.9. The van der Waals surface area contributed by atoms with Crippen LogP contribution in [0.3, 0.4) is 0 Å². The molecular weight excluding hydrogens is 1320 g/mol. The fraction of sp³-hybridized carbons (Fsp3) is 0.575. The number of nitrogens with one attached hydrogen (secondary N) is 3. The summed E-state index contributed by atoms with van der Waals surface area (Å²) in [6, 6.07) is 33.4. The van der Waals surface area contributed by atoms with Gasteiger partial charge >= 0.3 is 0 Å². The largest absolute Gasteiger partial charge is 0.511 e. The Bertz CT molecular complexity index is 3710. The number of aliphatic hydroxyl groups excluding tert-OH is 1. The minimum atomic E-state index is -0.210. The average molecular weight is 1430 g/mol. The number of rotatable bonds is 33. The zero-order valence-corrected chi connectivity index (χ0v) is 63.4. The van der Waals surface area contributed by atoms with Gasteiger partial charge in [0.1, 0.15) is 34.7 Å². The fourth-order valence-corrected chi connectivity index (χ4v) is 17.2. The molecule has 3 aliphatic carbocycles. The van der Waals surface area contributed by atoms with Crippen molar-refractivity contribution in [3.05, 3.63) is 177 Å². The zero-order chi connectivity index (χ0) is 72.6. The molecule has 9 aliphatic rings. The van der Waals surface area contributed by atoms with Gasteiger partial charge < -0.3 is 49.5 Å². The molecule has 105 heavy (non-hydrogen) atoms. The molecule has 9 heterocycles. The van der Waals surface area contributed by atoms with E-state index >= 15 is 0 Å². The number of Topliss-reactive ketones (excluding diaryl/α,β-unsaturated/α-hetero) is 2. The number of fused-ring (bicyclic) bond motifs is 3. The summed E-state index contributed by atoms with van der Waals surface area (Å²) >= 11 is 0. The second kappa shape index (κ2) is 37.0. The first-order valence-electron chi connectivity index (χ1n) is 40.0. The molecule has 3 saturated carbocycles. The van der Waals surface area contributed by atoms with Crippen LogP contribution < -0.4 is 25.4 Å². The van der Waals surface area contributed by atoms with E-state index in [1.165, 1.54) is 95.4 Å². The number of ketones is 2. The molecule has 18 nitrogen and oxygen atoms in total. The van der Waals surface area contributed by atoms with Crippen LogP contribution >= 0.6 is 0 Å². The first-order chi connectivity index (χ1) is 51.4. The Kier molecular flexibility index (Phi) is 26.8. The molecule has 0 bridgehead atoms. The van der Waals surface area contributed by atoms with E-state index in [1.54, 1.807) is 35.2 Å². The fourth-order valence-electron chi connectivity index (χ4n) is 17.2. The molecule has 564 valence electrons. The van der Waals surface area contributed by atoms with E-state index in [0.717, 1.165) is 227 Å². The number of carbonyl (C=O) groups excluding carboxylic acids is 2. The highest BCUT2D eigenvalue weighted by Crippen LogP contribution is 2.51. The summed E-state index contributed by atoms with van der Waals surface area (Å²) in [5, 5.41) is 20.8. The van der Waals surface area contributed by atoms with Gasteiger partial charge in [0.25, 0.3) is 0 Å². The predicted octanol–water partition coefficient (Wildman–Crippen LogP) is 15.3. The number of aliphatic hydroxyl groups is 1. The maximum absolute atomic E-state index is 12.8. The average Bonchev–Trinajstić information content (AvgIpc) is 1.74. The first kappa shape index (κ1) is 75.9. The minimum absolute atomic E-state index is 0.193. The highest BCUT2D eigenvalue weighted by Gasteiger charge is 2.43. The molecule has 0 spiro atoms. The first-order valence-corrected chi connectivity index (χ1v) is 40.0. The van der Waals surface area contributed by atoms with Crippen molar-refractivity contribution in [2.45, 2.75) is 222 Å². The number of aromatic nitrogens is 3. The Balaban J connectivity index is 0.000000140. The number of nitrogens with zero attached hydrogens (tertiary/aromatic N) is 6. The summed E-state index contributed by atoms with van der Waals surface area (Å²) in [6.07, 6.45) is 25.8. The highest BCUT2D eigenvalue weighted by molar-refractivity contribution is 5.84. The third-order valence-electron chi connectivity index (χ3n) is 23.0. The summed E-state index contributed by atoms with van der Waals surface area (Å²) in [4.78, 5) is 47.0. The molecule has 0 amide bonds. The monoisotopic (exact) mass is 1430 g/mol. The van der Waals surface area contributed by atoms with Gasteiger partial charge in [-0.2, -0.15) is 0 Å². The number of pyridine rings is 3. The number of anilines is 3. The molecule has 15 rings (SSSR count). The number of ether oxygens (including phenoxy) is 6. The number of hydrogen-bond acceptors (Lipinski definition) is 18. The van der Waals surface area contributed by atoms with Gasteiger partial charge in [0.15, 0.2) is 11.6 Å². The summed E-state index contributed by atoms with van der Waals surface area (Å²) in [6.45, 7) is 17.9. The smallest absolute Gasteiger partial charge is 0.151 e. The Labute approximate surface area is 624 Å². The van der Waals surface area contributed by atoms with Crippen LogP contribution in [0.4, 0.5) is 17.5 Å². The van der Waals surface area contributed by atoms with Gasteiger partial charge in [-0.1, -0.05) is 73.3 Å². The molecule has 3 saturated heterocycles. The van der Waals surface area contributed by atoms with Crippen LogP contribution in [0, 0.1) is 0 Å². The van der Waals surface area contributed by atoms with E-state index in [1.807, 2.05) is 24.3 Å². The Morgan fingerprint density at radius 3 is 1.25 bits per heavy atom. The number of likely N-dealkylation sites (tertiary alicyclic amines) is 3. The second-order valence-corrected chi connectivity index (χ2v) is 30.9. The lowest BCUT2D eigenvalue weighted by Crippen LogP contribution is -2.33. The van der Waals surface area contributed by atoms with E-state index in [9.17, 15) is 14.7 Å². The Morgan fingerprint density at radius 2 is 0.886 bits per heavy atom. The van der Waals surface area contributed by atoms with Gasteiger partial charge in [0.2, 0.25) is 0 Å². The van der Waals surface area contributed by atoms with Gasteiger partial charge in [-0.25, -0.2) is 15.0 Å². The minimum Gasteiger partial charge on any atom is -0.511 e. The van der Waals surface area contributed by atoms with Crippen LogP contribution in [0.1, 0.15) is 226 Å². The van der Waals surface area contributed by atoms with Crippen molar-refractivity contribution in [1.29, 1.82) is 0 Å². The van der Waals surface area contributed by atoms with Crippen molar-refractivity contribution >= 4 is 29.0 Å². The molecule has 6 fully saturated rings. The molecule has 3 aromatic heterocycles. The molecule has 18 heteroatoms. The Morgan fingerprint density at radius 1 is 0.495 bits per heavy atom. The standard InChI is InChI=1S/3C29H39N3O3/c2*1-20(33)28(25-9-5-10-26(34-2)27(25)21-11-12-21)32-17-15-24(19-32)35-18-4-3-8-23-14-13-22-7-6-16-30-29(22)31-23;1-20(33)28(25-11-4-3-10-24(25)26-18-27(26)34-2)32-16-14-23(19-32)35-17-6-5-9-22-13-12-21-8-7-15-30-29(21)31-22/h2*5,9-10,13-14,21,24,28H,3-4,6-8,11-12,15-19H2,1-2H3,(H,30,31);3-4,10-13,23,26-28,33H,1,5-9,14-19H2,2H3,(H,30,31)/t24-,28+;24-,28-;23-,26?,27?,28?/m111/s1. The molecule has 4 N–H and O–H groups in total. The quantitative estimate of drug-likeness (QED) is 0.0224. The van der Waals surface area contributed by atoms with Crippen LogP contribution in [0.5, 0.6) is 11.5 Å². The molecule has 6 aromatic rings. The molecular formula is C87H117N9O9. The van der Waals surface area contributed by atoms with Gasteiger partial charge in [-0.3, -0.25) is 24.3 Å². The summed E-state index contributed by atoms with van der Waals surface area (Å²) < 4.78 is 35.7. The zero-order valence-electron chi connectivity index (χ0n) is 63.4. The number of unbranched alkanes of at least 4 members (excludes halogenated alkanes) is 3. The lowest BCUT2D eigenvalue weighted by molar-refractivity contribution is -0.123. The maximum Gasteiger partial charge on any atom is 0.151 e. The number of hydrogen-bond donors (Lipinski definition) is 4. The van der Waals surface area contributed by atoms with E-state index in [2.05, 4.69) is 110 Å². The van der Waals surface area contributed by atoms with Crippen molar-refractivity contribution in [1.82, 2.24) is 29.7 Å². The molecule has 3 unspecified atom stereocenters. The van der Waals surface area contributed by atoms with Crippen LogP contribution in [-0.2, 0) is 67.1 Å². The Hall–Kier alpha value is -7.29. The van der Waals surface area contributed by atoms with E-state index in [4.69, 9.17) is 43.4 Å². The van der Waals surface area contributed by atoms with Crippen molar-refractivity contribution in [3.63, 3.8) is 0 Å². The van der Waals surface area contributed by atoms with Gasteiger partial charge in [0.05, 0.1) is 56.8 Å². The summed E-state index contributed by atoms with van der Waals surface area (Å²) in [7, 11) is 5.23. The van der Waals surface area contributed by atoms with Crippen molar-refractivity contribution in [2.24, 2.45) is 0 Å². The van der Waals surface area contributed by atoms with Crippen molar-refractivity contribution < 1.29 is 43.1 Å². The highest BCUT2D eigenvalue weighted by atomic mass is 16.5. The molecule has 3 aromatic carbocycles. The van der Waals surface area contributed by atoms with Gasteiger partial charge in [-0.05, 0) is 243 Å². The summed E-state index contributed by atoms with van der Waals surface area (Å²) in [5.41, 5.74) is 14.7. The van der Waals surface area contributed by atoms with E-state index < -0.39 is 0 Å². The molecule has 6 aliphatic heterocycles. The van der Waals surface area contributed by atoms with Crippen LogP contribution in [-0.4, -0.2) is 171 Å². The van der Waals surface area contributed by atoms with Crippen molar-refractivity contribution in [3.8, 4) is 11.5 Å². The molecule has 8 atom stereocenters. The van der Waals surface area contributed by atoms with Crippen LogP contribution in [0.15, 0.2) is 109 Å². The number of carbonyl (C=O) groups is 2. The van der Waals surface area contributed by atoms with Gasteiger partial charge in [0, 0.05) is 120 Å². The van der Waals surface area contributed by atoms with Crippen molar-refractivity contribution in [2.75, 3.05) is 116 Å². The lowest BCUT2D eigenvalue weighted by atomic mass is 9.93. The SMILES string of the molecule is C=C(O)C(c1ccccc1C1CC1OC)N1CC[C@@H](OCCCCc2ccc3c(n2)NCCC3)C1.COc1cccc([C@@H](C(C)=O)N2CC[C@@H](OCCCCc3ccc4c(n3)NCCC4)C2)c1C1CC1.COc1cccc([C@H](C(C)=O)N2CC[C@@H](OCCCCc3ccc4c(n3)NCCC4)C2)c1C1CC1. The number of methoxy groups -OCH3 is 3. The predicted molar refractivity (Wildman–Crippen MR) is 416 cm³/mol. The topological polar surface area (TPSA) is 194 Å². The van der Waals surface area contributed by atoms with Crippen LogP contribution in [0.25, 0.3) is 0 Å². The maximum atomic E-state index is 12.8. The number of aryl methyl sites for hydroxylation is 6. The van der Waals surface area contributed by atoms with Gasteiger partial charge in [-0.15, -0.1) is 0 Å². The number of benzene rings is 3. The van der Waals surface area contributed by atoms with E-state index in [-0.39, 0.29) is 59.9 Å². The van der Waals surface area contributed by atoms with E-state index in [0.29, 0.717) is 17.8 Å². The third-order valence-corrected chi connectivity index (χ3v) is 23.0. The molecule has 0 radical (unpaired) electrons. The second-order valence-electron chi connectivity index (χ2n) is 30.9. The lowest BCUT2D eigenvalue weighted by Gasteiger charge is -2.29. The summed E-state index contributed by atoms with van der Waals surface area (Å²) in [5.74, 6) is 7.16.